The Kier molecular flexibility index (Phi) is 8.94. The number of amides is 1. The van der Waals surface area contributed by atoms with Crippen LogP contribution in [-0.4, -0.2) is 59.5 Å². The maximum Gasteiger partial charge on any atom is 0.326 e. The van der Waals surface area contributed by atoms with Crippen LogP contribution in [0.5, 0.6) is 0 Å². The minimum absolute atomic E-state index is 0. The normalized spacial score (nSPS) is 12.4. The molecule has 13 nitrogen and oxygen atoms in total. The number of benzene rings is 1. The van der Waals surface area contributed by atoms with Gasteiger partial charge in [0, 0.05) is 12.0 Å². The van der Waals surface area contributed by atoms with Gasteiger partial charge >= 0.3 is 11.9 Å². The minimum atomic E-state index is -1.29. The number of aliphatic carboxylic acids is 2. The summed E-state index contributed by atoms with van der Waals surface area (Å²) in [5.74, 6) is -2.76. The molecule has 2 aromatic heterocycles. The molecule has 0 radical (unpaired) electrons. The van der Waals surface area contributed by atoms with Gasteiger partial charge in [0.15, 0.2) is 17.0 Å². The maximum atomic E-state index is 12.5. The van der Waals surface area contributed by atoms with Crippen LogP contribution in [0.3, 0.4) is 0 Å². The molecule has 1 unspecified atom stereocenters. The third-order valence-corrected chi connectivity index (χ3v) is 5.34. The summed E-state index contributed by atoms with van der Waals surface area (Å²) in [6.45, 7) is 2.03. The van der Waals surface area contributed by atoms with Crippen LogP contribution in [0.15, 0.2) is 30.5 Å². The van der Waals surface area contributed by atoms with Crippen LogP contribution in [0.25, 0.3) is 11.2 Å². The van der Waals surface area contributed by atoms with Gasteiger partial charge in [0.1, 0.15) is 6.04 Å². The van der Waals surface area contributed by atoms with E-state index >= 15 is 0 Å². The van der Waals surface area contributed by atoms with Gasteiger partial charge in [-0.3, -0.25) is 9.59 Å². The quantitative estimate of drug-likeness (QED) is 0.265. The molecule has 2 heterocycles. The van der Waals surface area contributed by atoms with E-state index in [1.54, 1.807) is 30.5 Å². The number of carboxylic acid groups (broad SMARTS) is 2. The minimum Gasteiger partial charge on any atom is -0.481 e. The van der Waals surface area contributed by atoms with Gasteiger partial charge in [0.2, 0.25) is 5.95 Å². The monoisotopic (exact) mass is 485 g/mol. The summed E-state index contributed by atoms with van der Waals surface area (Å²) in [5, 5.41) is 20.3. The lowest BCUT2D eigenvalue weighted by Crippen LogP contribution is -2.41. The van der Waals surface area contributed by atoms with Crippen LogP contribution in [0, 0.1) is 0 Å². The molecule has 0 saturated carbocycles. The van der Waals surface area contributed by atoms with Crippen LogP contribution in [0.2, 0.25) is 0 Å². The first-order valence-corrected chi connectivity index (χ1v) is 10.6. The molecule has 35 heavy (non-hydrogen) atoms. The molecule has 9 N–H and O–H groups in total. The lowest BCUT2D eigenvalue weighted by molar-refractivity contribution is -0.140. The average molecular weight is 486 g/mol. The Labute approximate surface area is 199 Å². The highest BCUT2D eigenvalue weighted by atomic mass is 16.4. The van der Waals surface area contributed by atoms with Crippen molar-refractivity contribution in [2.24, 2.45) is 0 Å². The fourth-order valence-corrected chi connectivity index (χ4v) is 3.50. The number of hydrogen-bond donors (Lipinski definition) is 5. The van der Waals surface area contributed by atoms with Crippen molar-refractivity contribution in [3.8, 4) is 0 Å². The molecular weight excluding hydrogens is 458 g/mol. The predicted octanol–water partition coefficient (Wildman–Crippen LogP) is 0.544. The average Bonchev–Trinajstić information content (AvgIpc) is 2.80. The second-order valence-electron chi connectivity index (χ2n) is 7.73. The zero-order chi connectivity index (χ0) is 24.8. The number of carbonyl (C=O) groups is 3. The Morgan fingerprint density at radius 2 is 1.74 bits per heavy atom. The molecule has 0 bridgehead atoms. The van der Waals surface area contributed by atoms with Gasteiger partial charge in [-0.25, -0.2) is 14.8 Å². The topological polar surface area (TPSA) is 239 Å². The Hall–Kier alpha value is -4.39. The van der Waals surface area contributed by atoms with Crippen molar-refractivity contribution in [1.29, 1.82) is 0 Å². The number of anilines is 2. The molecule has 3 rings (SSSR count). The molecule has 0 spiro atoms. The highest BCUT2D eigenvalue weighted by Gasteiger charge is 2.22. The smallest absolute Gasteiger partial charge is 0.326 e. The summed E-state index contributed by atoms with van der Waals surface area (Å²) in [6, 6.07) is 5.50. The molecule has 0 aliphatic carbocycles. The van der Waals surface area contributed by atoms with E-state index in [4.69, 9.17) is 16.6 Å². The molecule has 0 saturated heterocycles. The molecule has 2 atom stereocenters. The van der Waals surface area contributed by atoms with Crippen molar-refractivity contribution in [3.05, 3.63) is 47.3 Å². The van der Waals surface area contributed by atoms with E-state index in [0.717, 1.165) is 12.0 Å². The lowest BCUT2D eigenvalue weighted by Gasteiger charge is -2.17. The third kappa shape index (κ3) is 6.80. The SMILES string of the molecule is CCC(Cc1cnc2nc(N)nc(N)c2n1)c1ccc(C(=O)N[C@@H](CCC(=O)O)C(=O)O)cc1.O. The van der Waals surface area contributed by atoms with E-state index in [1.165, 1.54) is 0 Å². The van der Waals surface area contributed by atoms with Crippen molar-refractivity contribution in [2.75, 3.05) is 11.5 Å². The van der Waals surface area contributed by atoms with E-state index < -0.39 is 23.9 Å². The molecule has 186 valence electrons. The third-order valence-electron chi connectivity index (χ3n) is 5.34. The predicted molar refractivity (Wildman–Crippen MR) is 127 cm³/mol. The molecular formula is C22H27N7O6. The number of rotatable bonds is 10. The maximum absolute atomic E-state index is 12.5. The molecule has 0 fully saturated rings. The van der Waals surface area contributed by atoms with Gasteiger partial charge in [0.05, 0.1) is 11.9 Å². The van der Waals surface area contributed by atoms with E-state index in [1.807, 2.05) is 6.92 Å². The van der Waals surface area contributed by atoms with Gasteiger partial charge in [-0.15, -0.1) is 0 Å². The number of aromatic nitrogens is 4. The second-order valence-corrected chi connectivity index (χ2v) is 7.73. The van der Waals surface area contributed by atoms with Crippen LogP contribution in [0.1, 0.15) is 53.7 Å². The number of hydrogen-bond acceptors (Lipinski definition) is 9. The first kappa shape index (κ1) is 26.9. The first-order chi connectivity index (χ1) is 16.2. The van der Waals surface area contributed by atoms with Crippen molar-refractivity contribution in [3.63, 3.8) is 0 Å². The Morgan fingerprint density at radius 1 is 1.06 bits per heavy atom. The Balaban J connectivity index is 0.00000432. The number of carbonyl (C=O) groups excluding carboxylic acids is 1. The van der Waals surface area contributed by atoms with Gasteiger partial charge in [-0.1, -0.05) is 19.1 Å². The van der Waals surface area contributed by atoms with Crippen molar-refractivity contribution in [1.82, 2.24) is 25.3 Å². The summed E-state index contributed by atoms with van der Waals surface area (Å²) in [4.78, 5) is 51.2. The van der Waals surface area contributed by atoms with E-state index in [2.05, 4.69) is 25.3 Å². The molecule has 0 aliphatic heterocycles. The first-order valence-electron chi connectivity index (χ1n) is 10.6. The largest absolute Gasteiger partial charge is 0.481 e. The zero-order valence-corrected chi connectivity index (χ0v) is 18.9. The van der Waals surface area contributed by atoms with E-state index in [9.17, 15) is 19.5 Å². The summed E-state index contributed by atoms with van der Waals surface area (Å²) < 4.78 is 0. The lowest BCUT2D eigenvalue weighted by atomic mass is 9.91. The number of nitrogen functional groups attached to an aromatic ring is 2. The summed E-state index contributed by atoms with van der Waals surface area (Å²) >= 11 is 0. The van der Waals surface area contributed by atoms with Crippen LogP contribution >= 0.6 is 0 Å². The van der Waals surface area contributed by atoms with E-state index in [0.29, 0.717) is 23.3 Å². The zero-order valence-electron chi connectivity index (χ0n) is 18.9. The number of nitrogens with zero attached hydrogens (tertiary/aromatic N) is 4. The van der Waals surface area contributed by atoms with Crippen LogP contribution < -0.4 is 16.8 Å². The number of nitrogens with two attached hydrogens (primary N) is 2. The highest BCUT2D eigenvalue weighted by molar-refractivity contribution is 5.96. The molecule has 0 aliphatic rings. The number of nitrogens with one attached hydrogen (secondary N) is 1. The molecule has 3 aromatic rings. The van der Waals surface area contributed by atoms with Gasteiger partial charge in [0.25, 0.3) is 5.91 Å². The van der Waals surface area contributed by atoms with Crippen molar-refractivity contribution in [2.45, 2.75) is 44.6 Å². The highest BCUT2D eigenvalue weighted by Crippen LogP contribution is 2.25. The molecule has 1 aromatic carbocycles. The van der Waals surface area contributed by atoms with Gasteiger partial charge < -0.3 is 32.5 Å². The van der Waals surface area contributed by atoms with Crippen molar-refractivity contribution < 1.29 is 30.1 Å². The summed E-state index contributed by atoms with van der Waals surface area (Å²) in [6.07, 6.45) is 2.39. The standard InChI is InChI=1S/C22H25N7O5.H2O/c1-2-11(9-14-10-25-19-17(26-14)18(23)28-22(24)29-19)12-3-5-13(6-4-12)20(32)27-15(21(33)34)7-8-16(30)31;/h3-6,10-11,15H,2,7-9H2,1H3,(H,27,32)(H,30,31)(H,33,34)(H4,23,24,25,28,29);1H2/t11?,15-;/m0./s1. The Bertz CT molecular complexity index is 1220. The van der Waals surface area contributed by atoms with Crippen molar-refractivity contribution >= 4 is 40.8 Å². The number of fused-ring (bicyclic) bond motifs is 1. The summed E-state index contributed by atoms with van der Waals surface area (Å²) in [7, 11) is 0. The van der Waals surface area contributed by atoms with Crippen LogP contribution in [0.4, 0.5) is 11.8 Å². The van der Waals surface area contributed by atoms with Gasteiger partial charge in [-0.05, 0) is 42.9 Å². The molecule has 13 heteroatoms. The fraction of sp³-hybridized carbons (Fsp3) is 0.318. The Morgan fingerprint density at radius 3 is 2.34 bits per heavy atom. The molecule has 1 amide bonds. The van der Waals surface area contributed by atoms with Gasteiger partial charge in [-0.2, -0.15) is 9.97 Å². The second kappa shape index (κ2) is 11.7. The fourth-order valence-electron chi connectivity index (χ4n) is 3.50. The van der Waals surface area contributed by atoms with Crippen LogP contribution in [-0.2, 0) is 16.0 Å². The van der Waals surface area contributed by atoms with E-state index in [-0.39, 0.29) is 41.6 Å². The number of carboxylic acids is 2. The summed E-state index contributed by atoms with van der Waals surface area (Å²) in [5.41, 5.74) is 14.1.